The second-order valence-corrected chi connectivity index (χ2v) is 7.82. The van der Waals surface area contributed by atoms with Crippen molar-refractivity contribution in [1.29, 1.82) is 0 Å². The van der Waals surface area contributed by atoms with Crippen LogP contribution in [-0.2, 0) is 15.0 Å². The summed E-state index contributed by atoms with van der Waals surface area (Å²) in [5.41, 5.74) is 0.721. The Morgan fingerprint density at radius 2 is 1.88 bits per heavy atom. The van der Waals surface area contributed by atoms with Gasteiger partial charge in [-0.05, 0) is 12.6 Å². The SMILES string of the molecule is CN1CC(N2CC(C(=O)N3CC(CO)(c4ccccc4)C3)CC2=O)C1. The summed E-state index contributed by atoms with van der Waals surface area (Å²) in [6, 6.07) is 10.2. The van der Waals surface area contributed by atoms with Crippen molar-refractivity contribution in [2.45, 2.75) is 17.9 Å². The first kappa shape index (κ1) is 16.5. The zero-order valence-electron chi connectivity index (χ0n) is 14.6. The Bertz CT molecular complexity index is 666. The van der Waals surface area contributed by atoms with Crippen LogP contribution in [0.3, 0.4) is 0 Å². The molecule has 3 heterocycles. The quantitative estimate of drug-likeness (QED) is 0.831. The fourth-order valence-corrected chi connectivity index (χ4v) is 4.38. The molecule has 6 nitrogen and oxygen atoms in total. The summed E-state index contributed by atoms with van der Waals surface area (Å²) >= 11 is 0. The van der Waals surface area contributed by atoms with E-state index in [9.17, 15) is 14.7 Å². The van der Waals surface area contributed by atoms with E-state index in [0.717, 1.165) is 18.7 Å². The lowest BCUT2D eigenvalue weighted by Crippen LogP contribution is -2.64. The Morgan fingerprint density at radius 3 is 2.48 bits per heavy atom. The lowest BCUT2D eigenvalue weighted by atomic mass is 9.74. The maximum atomic E-state index is 12.8. The van der Waals surface area contributed by atoms with E-state index in [-0.39, 0.29) is 35.8 Å². The van der Waals surface area contributed by atoms with Crippen molar-refractivity contribution >= 4 is 11.8 Å². The third-order valence-electron chi connectivity index (χ3n) is 5.98. The number of benzene rings is 1. The van der Waals surface area contributed by atoms with E-state index in [2.05, 4.69) is 4.90 Å². The Hall–Kier alpha value is -1.92. The van der Waals surface area contributed by atoms with Gasteiger partial charge in [-0.3, -0.25) is 9.59 Å². The molecule has 1 aromatic carbocycles. The van der Waals surface area contributed by atoms with Crippen molar-refractivity contribution in [3.8, 4) is 0 Å². The summed E-state index contributed by atoms with van der Waals surface area (Å²) in [6.45, 7) is 3.44. The van der Waals surface area contributed by atoms with Crippen LogP contribution in [0, 0.1) is 5.92 Å². The van der Waals surface area contributed by atoms with Crippen LogP contribution in [0.1, 0.15) is 12.0 Å². The fraction of sp³-hybridized carbons (Fsp3) is 0.579. The van der Waals surface area contributed by atoms with Gasteiger partial charge in [-0.2, -0.15) is 0 Å². The Balaban J connectivity index is 1.38. The number of hydrogen-bond acceptors (Lipinski definition) is 4. The number of carbonyl (C=O) groups is 2. The van der Waals surface area contributed by atoms with E-state index in [1.165, 1.54) is 0 Å². The van der Waals surface area contributed by atoms with Gasteiger partial charge in [0.05, 0.1) is 24.0 Å². The second kappa shape index (κ2) is 6.11. The number of likely N-dealkylation sites (N-methyl/N-ethyl adjacent to an activating group) is 1. The van der Waals surface area contributed by atoms with Crippen molar-refractivity contribution < 1.29 is 14.7 Å². The number of aliphatic hydroxyl groups is 1. The minimum atomic E-state index is -0.351. The van der Waals surface area contributed by atoms with Crippen molar-refractivity contribution in [3.63, 3.8) is 0 Å². The molecule has 1 unspecified atom stereocenters. The average molecular weight is 343 g/mol. The van der Waals surface area contributed by atoms with Crippen LogP contribution in [0.2, 0.25) is 0 Å². The van der Waals surface area contributed by atoms with Gasteiger partial charge < -0.3 is 19.8 Å². The predicted octanol–water partition coefficient (Wildman–Crippen LogP) is -0.0786. The van der Waals surface area contributed by atoms with E-state index < -0.39 is 0 Å². The molecular formula is C19H25N3O3. The van der Waals surface area contributed by atoms with Gasteiger partial charge in [0.15, 0.2) is 0 Å². The first-order chi connectivity index (χ1) is 12.0. The molecule has 3 fully saturated rings. The maximum absolute atomic E-state index is 12.8. The van der Waals surface area contributed by atoms with Crippen molar-refractivity contribution in [1.82, 2.24) is 14.7 Å². The van der Waals surface area contributed by atoms with Crippen LogP contribution in [0.4, 0.5) is 0 Å². The standard InChI is InChI=1S/C19H25N3O3/c1-20-9-16(10-20)22-8-14(7-17(22)24)18(25)21-11-19(12-21,13-23)15-5-3-2-4-6-15/h2-6,14,16,23H,7-13H2,1H3. The molecule has 6 heteroatoms. The third-order valence-corrected chi connectivity index (χ3v) is 5.98. The molecule has 0 bridgehead atoms. The molecule has 0 saturated carbocycles. The largest absolute Gasteiger partial charge is 0.395 e. The van der Waals surface area contributed by atoms with Crippen LogP contribution in [0.25, 0.3) is 0 Å². The third kappa shape index (κ3) is 2.73. The number of hydrogen-bond donors (Lipinski definition) is 1. The topological polar surface area (TPSA) is 64.1 Å². The number of amides is 2. The maximum Gasteiger partial charge on any atom is 0.228 e. The van der Waals surface area contributed by atoms with Crippen LogP contribution < -0.4 is 0 Å². The number of nitrogens with zero attached hydrogens (tertiary/aromatic N) is 3. The number of rotatable bonds is 4. The van der Waals surface area contributed by atoms with Crippen LogP contribution >= 0.6 is 0 Å². The normalized spacial score (nSPS) is 26.5. The highest BCUT2D eigenvalue weighted by Crippen LogP contribution is 2.36. The average Bonchev–Trinajstić information content (AvgIpc) is 2.94. The molecular weight excluding hydrogens is 318 g/mol. The van der Waals surface area contributed by atoms with Gasteiger partial charge in [-0.1, -0.05) is 30.3 Å². The van der Waals surface area contributed by atoms with Gasteiger partial charge in [-0.25, -0.2) is 0 Å². The highest BCUT2D eigenvalue weighted by Gasteiger charge is 2.49. The second-order valence-electron chi connectivity index (χ2n) is 7.82. The summed E-state index contributed by atoms with van der Waals surface area (Å²) in [7, 11) is 2.04. The summed E-state index contributed by atoms with van der Waals surface area (Å²) in [6.07, 6.45) is 0.326. The minimum Gasteiger partial charge on any atom is -0.395 e. The molecule has 4 rings (SSSR count). The number of likely N-dealkylation sites (tertiary alicyclic amines) is 3. The highest BCUT2D eigenvalue weighted by molar-refractivity contribution is 5.90. The molecule has 3 aliphatic rings. The van der Waals surface area contributed by atoms with Gasteiger partial charge in [-0.15, -0.1) is 0 Å². The smallest absolute Gasteiger partial charge is 0.228 e. The predicted molar refractivity (Wildman–Crippen MR) is 92.9 cm³/mol. The van der Waals surface area contributed by atoms with Gasteiger partial charge in [0.2, 0.25) is 11.8 Å². The van der Waals surface area contributed by atoms with Crippen LogP contribution in [0.15, 0.2) is 30.3 Å². The molecule has 1 atom stereocenters. The van der Waals surface area contributed by atoms with Gasteiger partial charge >= 0.3 is 0 Å². The van der Waals surface area contributed by atoms with Gasteiger partial charge in [0.25, 0.3) is 0 Å². The van der Waals surface area contributed by atoms with Crippen molar-refractivity contribution in [2.24, 2.45) is 5.92 Å². The number of aliphatic hydroxyl groups excluding tert-OH is 1. The van der Waals surface area contributed by atoms with E-state index in [0.29, 0.717) is 26.1 Å². The van der Waals surface area contributed by atoms with E-state index in [4.69, 9.17) is 0 Å². The van der Waals surface area contributed by atoms with E-state index in [1.54, 1.807) is 4.90 Å². The zero-order valence-corrected chi connectivity index (χ0v) is 14.6. The Morgan fingerprint density at radius 1 is 1.20 bits per heavy atom. The molecule has 0 aromatic heterocycles. The van der Waals surface area contributed by atoms with Crippen LogP contribution in [0.5, 0.6) is 0 Å². The Labute approximate surface area is 148 Å². The highest BCUT2D eigenvalue weighted by atomic mass is 16.3. The lowest BCUT2D eigenvalue weighted by Gasteiger charge is -2.50. The van der Waals surface area contributed by atoms with Gasteiger partial charge in [0, 0.05) is 39.1 Å². The summed E-state index contributed by atoms with van der Waals surface area (Å²) < 4.78 is 0. The molecule has 25 heavy (non-hydrogen) atoms. The van der Waals surface area contributed by atoms with Crippen LogP contribution in [-0.4, -0.2) is 84.0 Å². The Kier molecular flexibility index (Phi) is 4.04. The van der Waals surface area contributed by atoms with E-state index in [1.807, 2.05) is 42.3 Å². The lowest BCUT2D eigenvalue weighted by molar-refractivity contribution is -0.144. The zero-order chi connectivity index (χ0) is 17.6. The molecule has 3 saturated heterocycles. The first-order valence-electron chi connectivity index (χ1n) is 8.95. The first-order valence-corrected chi connectivity index (χ1v) is 8.95. The van der Waals surface area contributed by atoms with E-state index >= 15 is 0 Å². The van der Waals surface area contributed by atoms with Gasteiger partial charge in [0.1, 0.15) is 0 Å². The minimum absolute atomic E-state index is 0.0327. The molecule has 3 aliphatic heterocycles. The molecule has 134 valence electrons. The molecule has 0 radical (unpaired) electrons. The number of carbonyl (C=O) groups excluding carboxylic acids is 2. The molecule has 0 aliphatic carbocycles. The summed E-state index contributed by atoms with van der Waals surface area (Å²) in [4.78, 5) is 30.9. The molecule has 0 spiro atoms. The van der Waals surface area contributed by atoms with Crippen molar-refractivity contribution in [2.75, 3.05) is 46.4 Å². The fourth-order valence-electron chi connectivity index (χ4n) is 4.38. The summed E-state index contributed by atoms with van der Waals surface area (Å²) in [5.74, 6) is -0.0668. The molecule has 1 aromatic rings. The molecule has 2 amide bonds. The summed E-state index contributed by atoms with van der Waals surface area (Å²) in [5, 5.41) is 9.87. The monoisotopic (exact) mass is 343 g/mol. The van der Waals surface area contributed by atoms with Crippen molar-refractivity contribution in [3.05, 3.63) is 35.9 Å². The molecule has 1 N–H and O–H groups in total.